The van der Waals surface area contributed by atoms with Crippen molar-refractivity contribution >= 4 is 35.5 Å². The SMILES string of the molecule is O=C(O)C[C@H](Cc1ccc(Cl)cc1)NC(=O)C(=Cc1ccc(-c2ccccc2)cc1)NC(=O)c1ccc(C(F)(F)F)cc1. The summed E-state index contributed by atoms with van der Waals surface area (Å²) in [5.74, 6) is -2.73. The lowest BCUT2D eigenvalue weighted by Crippen LogP contribution is -2.42. The molecule has 0 bridgehead atoms. The van der Waals surface area contributed by atoms with Gasteiger partial charge in [-0.25, -0.2) is 0 Å². The Morgan fingerprint density at radius 1 is 0.814 bits per heavy atom. The number of carboxylic acids is 1. The van der Waals surface area contributed by atoms with Crippen molar-refractivity contribution in [3.63, 3.8) is 0 Å². The van der Waals surface area contributed by atoms with Crippen LogP contribution >= 0.6 is 11.6 Å². The number of carbonyl (C=O) groups excluding carboxylic acids is 2. The number of amides is 2. The monoisotopic (exact) mass is 606 g/mol. The van der Waals surface area contributed by atoms with Gasteiger partial charge in [0.1, 0.15) is 5.70 Å². The lowest BCUT2D eigenvalue weighted by Gasteiger charge is -2.19. The molecule has 220 valence electrons. The van der Waals surface area contributed by atoms with Crippen LogP contribution in [0.25, 0.3) is 17.2 Å². The Hall–Kier alpha value is -4.89. The third-order valence-electron chi connectivity index (χ3n) is 6.45. The maximum atomic E-state index is 13.5. The largest absolute Gasteiger partial charge is 0.481 e. The molecule has 0 saturated heterocycles. The summed E-state index contributed by atoms with van der Waals surface area (Å²) in [5.41, 5.74) is 1.93. The summed E-state index contributed by atoms with van der Waals surface area (Å²) in [5, 5.41) is 15.1. The van der Waals surface area contributed by atoms with Crippen LogP contribution in [-0.2, 0) is 22.2 Å². The Labute approximate surface area is 250 Å². The molecule has 0 aliphatic heterocycles. The number of rotatable bonds is 10. The van der Waals surface area contributed by atoms with Gasteiger partial charge in [-0.15, -0.1) is 0 Å². The van der Waals surface area contributed by atoms with Crippen LogP contribution in [0.3, 0.4) is 0 Å². The van der Waals surface area contributed by atoms with Gasteiger partial charge in [0.15, 0.2) is 0 Å². The van der Waals surface area contributed by atoms with E-state index in [1.54, 1.807) is 36.4 Å². The first-order valence-electron chi connectivity index (χ1n) is 13.1. The molecule has 4 aromatic rings. The summed E-state index contributed by atoms with van der Waals surface area (Å²) in [6, 6.07) is 26.2. The molecule has 0 fully saturated rings. The van der Waals surface area contributed by atoms with Crippen molar-refractivity contribution in [2.24, 2.45) is 0 Å². The second-order valence-corrected chi connectivity index (χ2v) is 10.1. The summed E-state index contributed by atoms with van der Waals surface area (Å²) in [4.78, 5) is 38.1. The highest BCUT2D eigenvalue weighted by atomic mass is 35.5. The van der Waals surface area contributed by atoms with E-state index in [4.69, 9.17) is 11.6 Å². The van der Waals surface area contributed by atoms with Crippen molar-refractivity contribution in [1.82, 2.24) is 10.6 Å². The summed E-state index contributed by atoms with van der Waals surface area (Å²) in [6.45, 7) is 0. The minimum absolute atomic E-state index is 0.102. The van der Waals surface area contributed by atoms with Crippen LogP contribution in [0.5, 0.6) is 0 Å². The smallest absolute Gasteiger partial charge is 0.416 e. The zero-order valence-electron chi connectivity index (χ0n) is 22.6. The van der Waals surface area contributed by atoms with E-state index in [0.717, 1.165) is 41.0 Å². The predicted octanol–water partition coefficient (Wildman–Crippen LogP) is 7.00. The summed E-state index contributed by atoms with van der Waals surface area (Å²) in [6.07, 6.45) is -3.40. The molecule has 10 heteroatoms. The Kier molecular flexibility index (Phi) is 10.0. The maximum Gasteiger partial charge on any atom is 0.416 e. The van der Waals surface area contributed by atoms with Crippen LogP contribution in [0.4, 0.5) is 13.2 Å². The molecule has 0 aliphatic carbocycles. The number of hydrogen-bond acceptors (Lipinski definition) is 3. The molecule has 1 atom stereocenters. The van der Waals surface area contributed by atoms with Crippen molar-refractivity contribution in [1.29, 1.82) is 0 Å². The number of benzene rings is 4. The van der Waals surface area contributed by atoms with Crippen LogP contribution in [0.2, 0.25) is 5.02 Å². The molecule has 0 spiro atoms. The van der Waals surface area contributed by atoms with E-state index < -0.39 is 42.0 Å². The predicted molar refractivity (Wildman–Crippen MR) is 158 cm³/mol. The van der Waals surface area contributed by atoms with Gasteiger partial charge < -0.3 is 15.7 Å². The maximum absolute atomic E-state index is 13.5. The third-order valence-corrected chi connectivity index (χ3v) is 6.70. The highest BCUT2D eigenvalue weighted by Gasteiger charge is 2.30. The molecule has 4 rings (SSSR count). The van der Waals surface area contributed by atoms with E-state index >= 15 is 0 Å². The molecule has 2 amide bonds. The van der Waals surface area contributed by atoms with Crippen LogP contribution < -0.4 is 10.6 Å². The molecule has 0 aromatic heterocycles. The minimum Gasteiger partial charge on any atom is -0.481 e. The normalized spacial score (nSPS) is 12.3. The van der Waals surface area contributed by atoms with Crippen LogP contribution in [0, 0.1) is 0 Å². The number of halogens is 4. The lowest BCUT2D eigenvalue weighted by atomic mass is 10.0. The first-order chi connectivity index (χ1) is 20.5. The van der Waals surface area contributed by atoms with Gasteiger partial charge in [0.2, 0.25) is 0 Å². The van der Waals surface area contributed by atoms with Crippen molar-refractivity contribution in [3.8, 4) is 11.1 Å². The van der Waals surface area contributed by atoms with Gasteiger partial charge in [-0.2, -0.15) is 13.2 Å². The molecular formula is C33H26ClF3N2O4. The van der Waals surface area contributed by atoms with E-state index in [0.29, 0.717) is 10.6 Å². The number of alkyl halides is 3. The van der Waals surface area contributed by atoms with Gasteiger partial charge in [0.05, 0.1) is 12.0 Å². The Bertz CT molecular complexity index is 1600. The van der Waals surface area contributed by atoms with Crippen molar-refractivity contribution in [3.05, 3.63) is 136 Å². The van der Waals surface area contributed by atoms with Gasteiger partial charge in [-0.05, 0) is 71.1 Å². The van der Waals surface area contributed by atoms with Gasteiger partial charge in [0, 0.05) is 16.6 Å². The van der Waals surface area contributed by atoms with Gasteiger partial charge >= 0.3 is 12.1 Å². The van der Waals surface area contributed by atoms with Crippen LogP contribution in [0.1, 0.15) is 33.5 Å². The van der Waals surface area contributed by atoms with E-state index in [9.17, 15) is 32.7 Å². The zero-order valence-corrected chi connectivity index (χ0v) is 23.3. The van der Waals surface area contributed by atoms with Crippen molar-refractivity contribution in [2.45, 2.75) is 25.1 Å². The lowest BCUT2D eigenvalue weighted by molar-refractivity contribution is -0.138. The Balaban J connectivity index is 1.61. The second kappa shape index (κ2) is 13.8. The first kappa shape index (κ1) is 31.1. The van der Waals surface area contributed by atoms with Crippen LogP contribution in [-0.4, -0.2) is 28.9 Å². The number of aliphatic carboxylic acids is 1. The summed E-state index contributed by atoms with van der Waals surface area (Å²) >= 11 is 5.94. The average Bonchev–Trinajstić information content (AvgIpc) is 2.98. The molecule has 0 aliphatic rings. The number of carbonyl (C=O) groups is 3. The molecule has 6 nitrogen and oxygen atoms in total. The fourth-order valence-corrected chi connectivity index (χ4v) is 4.41. The molecule has 0 heterocycles. The van der Waals surface area contributed by atoms with E-state index in [1.165, 1.54) is 6.08 Å². The fraction of sp³-hybridized carbons (Fsp3) is 0.121. The first-order valence-corrected chi connectivity index (χ1v) is 13.5. The standard InChI is InChI=1S/C33H26ClF3N2O4/c34-27-16-8-21(9-17-27)18-28(20-30(40)41)38-32(43)29(39-31(42)25-12-14-26(15-13-25)33(35,36)37)19-22-6-10-24(11-7-22)23-4-2-1-3-5-23/h1-17,19,28H,18,20H2,(H,38,43)(H,39,42)(H,40,41)/t28-/m0/s1. The molecule has 0 saturated carbocycles. The second-order valence-electron chi connectivity index (χ2n) is 9.67. The average molecular weight is 607 g/mol. The zero-order chi connectivity index (χ0) is 31.0. The Morgan fingerprint density at radius 3 is 2.00 bits per heavy atom. The molecule has 4 aromatic carbocycles. The van der Waals surface area contributed by atoms with E-state index in [-0.39, 0.29) is 17.7 Å². The molecule has 0 radical (unpaired) electrons. The highest BCUT2D eigenvalue weighted by molar-refractivity contribution is 6.30. The quantitative estimate of drug-likeness (QED) is 0.169. The highest BCUT2D eigenvalue weighted by Crippen LogP contribution is 2.29. The molecule has 0 unspecified atom stereocenters. The topological polar surface area (TPSA) is 95.5 Å². The fourth-order valence-electron chi connectivity index (χ4n) is 4.29. The van der Waals surface area contributed by atoms with Gasteiger partial charge in [-0.3, -0.25) is 14.4 Å². The van der Waals surface area contributed by atoms with E-state index in [1.807, 2.05) is 42.5 Å². The summed E-state index contributed by atoms with van der Waals surface area (Å²) < 4.78 is 39.0. The Morgan fingerprint density at radius 2 is 1.42 bits per heavy atom. The van der Waals surface area contributed by atoms with Gasteiger partial charge in [-0.1, -0.05) is 78.3 Å². The summed E-state index contributed by atoms with van der Waals surface area (Å²) in [7, 11) is 0. The molecular weight excluding hydrogens is 581 g/mol. The van der Waals surface area contributed by atoms with Crippen molar-refractivity contribution in [2.75, 3.05) is 0 Å². The van der Waals surface area contributed by atoms with Gasteiger partial charge in [0.25, 0.3) is 11.8 Å². The number of hydrogen-bond donors (Lipinski definition) is 3. The van der Waals surface area contributed by atoms with Crippen LogP contribution in [0.15, 0.2) is 109 Å². The number of nitrogens with one attached hydrogen (secondary N) is 2. The third kappa shape index (κ3) is 9.05. The molecule has 3 N–H and O–H groups in total. The molecule has 43 heavy (non-hydrogen) atoms. The minimum atomic E-state index is -4.57. The van der Waals surface area contributed by atoms with Crippen molar-refractivity contribution < 1.29 is 32.7 Å². The number of carboxylic acid groups (broad SMARTS) is 1. The van der Waals surface area contributed by atoms with E-state index in [2.05, 4.69) is 10.6 Å².